The maximum Gasteiger partial charge on any atom is 0.425 e. The van der Waals surface area contributed by atoms with Crippen LogP contribution < -0.4 is 5.32 Å². The van der Waals surface area contributed by atoms with Crippen molar-refractivity contribution in [2.45, 2.75) is 43.7 Å². The highest BCUT2D eigenvalue weighted by molar-refractivity contribution is 7.12. The molecule has 8 heteroatoms. The summed E-state index contributed by atoms with van der Waals surface area (Å²) in [6.07, 6.45) is -4.07. The van der Waals surface area contributed by atoms with Gasteiger partial charge in [0, 0.05) is 16.5 Å². The number of alkyl halides is 3. The molecule has 3 nitrogen and oxygen atoms in total. The predicted octanol–water partition coefficient (Wildman–Crippen LogP) is 3.22. The highest BCUT2D eigenvalue weighted by Crippen LogP contribution is 2.50. The van der Waals surface area contributed by atoms with Gasteiger partial charge in [0.05, 0.1) is 6.61 Å². The van der Waals surface area contributed by atoms with E-state index in [-0.39, 0.29) is 25.1 Å². The van der Waals surface area contributed by atoms with E-state index in [4.69, 9.17) is 4.74 Å². The lowest BCUT2D eigenvalue weighted by Crippen LogP contribution is -2.48. The van der Waals surface area contributed by atoms with E-state index in [1.807, 2.05) is 6.92 Å². The van der Waals surface area contributed by atoms with E-state index in [0.29, 0.717) is 41.2 Å². The number of thiophene rings is 1. The van der Waals surface area contributed by atoms with E-state index < -0.39 is 22.8 Å². The smallest absolute Gasteiger partial charge is 0.386 e. The van der Waals surface area contributed by atoms with Crippen molar-refractivity contribution >= 4 is 23.7 Å². The van der Waals surface area contributed by atoms with Crippen molar-refractivity contribution in [3.05, 3.63) is 21.4 Å². The lowest BCUT2D eigenvalue weighted by molar-refractivity contribution is -0.134. The summed E-state index contributed by atoms with van der Waals surface area (Å²) in [6.45, 7) is 2.76. The fraction of sp³-hybridized carbons (Fsp3) is 0.692. The Bertz CT molecular complexity index is 522. The number of fused-ring (bicyclic) bond motifs is 2. The van der Waals surface area contributed by atoms with Crippen LogP contribution in [0.25, 0.3) is 0 Å². The lowest BCUT2D eigenvalue weighted by atomic mass is 9.82. The summed E-state index contributed by atoms with van der Waals surface area (Å²) in [5.41, 5.74) is -0.282. The van der Waals surface area contributed by atoms with Gasteiger partial charge in [-0.05, 0) is 32.4 Å². The Kier molecular flexibility index (Phi) is 4.62. The molecule has 1 fully saturated rings. The highest BCUT2D eigenvalue weighted by Gasteiger charge is 2.47. The minimum absolute atomic E-state index is 0. The van der Waals surface area contributed by atoms with Crippen LogP contribution in [0.5, 0.6) is 0 Å². The Hall–Kier alpha value is -0.340. The molecule has 2 aliphatic rings. The van der Waals surface area contributed by atoms with Gasteiger partial charge >= 0.3 is 6.18 Å². The molecule has 3 heterocycles. The van der Waals surface area contributed by atoms with Gasteiger partial charge in [0.2, 0.25) is 0 Å². The molecule has 1 aromatic heterocycles. The Morgan fingerprint density at radius 2 is 2.19 bits per heavy atom. The number of piperidine rings is 1. The number of rotatable bonds is 0. The molecule has 0 aromatic carbocycles. The van der Waals surface area contributed by atoms with E-state index in [0.717, 1.165) is 6.07 Å². The second-order valence-corrected chi connectivity index (χ2v) is 6.58. The number of halogens is 4. The number of hydrogen-bond acceptors (Lipinski definition) is 4. The zero-order valence-corrected chi connectivity index (χ0v) is 13.0. The predicted molar refractivity (Wildman–Crippen MR) is 75.9 cm³/mol. The van der Waals surface area contributed by atoms with Gasteiger partial charge in [-0.15, -0.1) is 23.7 Å². The van der Waals surface area contributed by atoms with Crippen LogP contribution in [0.2, 0.25) is 0 Å². The first-order valence-corrected chi connectivity index (χ1v) is 7.40. The van der Waals surface area contributed by atoms with Gasteiger partial charge < -0.3 is 15.2 Å². The molecule has 1 spiro atoms. The number of aliphatic hydroxyl groups excluding tert-OH is 1. The molecule has 0 saturated carbocycles. The molecular formula is C13H17ClF3NO2S. The third kappa shape index (κ3) is 2.94. The summed E-state index contributed by atoms with van der Waals surface area (Å²) in [4.78, 5) is -0.102. The maximum atomic E-state index is 12.9. The van der Waals surface area contributed by atoms with Gasteiger partial charge in [-0.3, -0.25) is 0 Å². The monoisotopic (exact) mass is 343 g/mol. The lowest BCUT2D eigenvalue weighted by Gasteiger charge is -2.43. The minimum Gasteiger partial charge on any atom is -0.386 e. The standard InChI is InChI=1S/C13H16F3NO2S.ClH/c1-7-5-12(2-3-17-7)11-8(9(18)6-19-12)4-10(20-11)13(14,15)16;/h4,7,9,17-18H,2-3,5-6H2,1H3;1H/t7-,9?,12+;/m0./s1. The summed E-state index contributed by atoms with van der Waals surface area (Å²) >= 11 is 0.716. The van der Waals surface area contributed by atoms with Crippen molar-refractivity contribution in [3.63, 3.8) is 0 Å². The van der Waals surface area contributed by atoms with Crippen molar-refractivity contribution < 1.29 is 23.0 Å². The quantitative estimate of drug-likeness (QED) is 0.760. The van der Waals surface area contributed by atoms with E-state index in [2.05, 4.69) is 5.32 Å². The molecule has 1 saturated heterocycles. The molecular weight excluding hydrogens is 327 g/mol. The SMILES string of the molecule is C[C@H]1C[C@@]2(CCN1)OCC(O)c1cc(C(F)(F)F)sc12.Cl. The summed E-state index contributed by atoms with van der Waals surface area (Å²) in [6, 6.07) is 1.27. The summed E-state index contributed by atoms with van der Waals surface area (Å²) in [5, 5.41) is 13.2. The van der Waals surface area contributed by atoms with Gasteiger partial charge in [-0.25, -0.2) is 0 Å². The van der Waals surface area contributed by atoms with Crippen molar-refractivity contribution in [2.24, 2.45) is 0 Å². The third-order valence-corrected chi connectivity index (χ3v) is 5.37. The van der Waals surface area contributed by atoms with Crippen molar-refractivity contribution in [3.8, 4) is 0 Å². The first kappa shape index (κ1) is 17.0. The van der Waals surface area contributed by atoms with Crippen LogP contribution in [0.1, 0.15) is 41.2 Å². The molecule has 2 N–H and O–H groups in total. The molecule has 0 aliphatic carbocycles. The van der Waals surface area contributed by atoms with E-state index in [9.17, 15) is 18.3 Å². The average molecular weight is 344 g/mol. The molecule has 1 aromatic rings. The van der Waals surface area contributed by atoms with Gasteiger partial charge in [-0.1, -0.05) is 0 Å². The van der Waals surface area contributed by atoms with Crippen LogP contribution in [0.3, 0.4) is 0 Å². The maximum absolute atomic E-state index is 12.9. The molecule has 2 aliphatic heterocycles. The Morgan fingerprint density at radius 3 is 2.81 bits per heavy atom. The number of hydrogen-bond donors (Lipinski definition) is 2. The Labute approximate surface area is 130 Å². The molecule has 0 amide bonds. The molecule has 3 atom stereocenters. The van der Waals surface area contributed by atoms with Crippen molar-refractivity contribution in [2.75, 3.05) is 13.2 Å². The van der Waals surface area contributed by atoms with Crippen LogP contribution >= 0.6 is 23.7 Å². The topological polar surface area (TPSA) is 41.5 Å². The zero-order valence-electron chi connectivity index (χ0n) is 11.4. The molecule has 3 rings (SSSR count). The van der Waals surface area contributed by atoms with Gasteiger partial charge in [0.1, 0.15) is 16.6 Å². The second-order valence-electron chi connectivity index (χ2n) is 5.52. The van der Waals surface area contributed by atoms with Gasteiger partial charge in [0.25, 0.3) is 0 Å². The van der Waals surface area contributed by atoms with E-state index >= 15 is 0 Å². The zero-order chi connectivity index (χ0) is 14.5. The largest absolute Gasteiger partial charge is 0.425 e. The van der Waals surface area contributed by atoms with Gasteiger partial charge in [0.15, 0.2) is 0 Å². The average Bonchev–Trinajstić information content (AvgIpc) is 2.81. The third-order valence-electron chi connectivity index (χ3n) is 3.99. The van der Waals surface area contributed by atoms with E-state index in [1.54, 1.807) is 0 Å². The first-order valence-electron chi connectivity index (χ1n) is 6.59. The molecule has 21 heavy (non-hydrogen) atoms. The molecule has 0 bridgehead atoms. The Balaban J connectivity index is 0.00000161. The number of aliphatic hydroxyl groups is 1. The van der Waals surface area contributed by atoms with E-state index in [1.165, 1.54) is 0 Å². The van der Waals surface area contributed by atoms with Crippen LogP contribution in [0.4, 0.5) is 13.2 Å². The number of ether oxygens (including phenoxy) is 1. The number of nitrogens with one attached hydrogen (secondary N) is 1. The summed E-state index contributed by atoms with van der Waals surface area (Å²) in [7, 11) is 0. The van der Waals surface area contributed by atoms with Gasteiger partial charge in [-0.2, -0.15) is 13.2 Å². The summed E-state index contributed by atoms with van der Waals surface area (Å²) in [5.74, 6) is 0. The molecule has 120 valence electrons. The van der Waals surface area contributed by atoms with Crippen LogP contribution in [-0.4, -0.2) is 24.3 Å². The second kappa shape index (κ2) is 5.70. The fourth-order valence-electron chi connectivity index (χ4n) is 3.07. The van der Waals surface area contributed by atoms with Crippen LogP contribution in [0.15, 0.2) is 6.07 Å². The molecule has 1 unspecified atom stereocenters. The minimum atomic E-state index is -4.37. The summed E-state index contributed by atoms with van der Waals surface area (Å²) < 4.78 is 44.5. The van der Waals surface area contributed by atoms with Crippen molar-refractivity contribution in [1.82, 2.24) is 5.32 Å². The van der Waals surface area contributed by atoms with Crippen molar-refractivity contribution in [1.29, 1.82) is 0 Å². The van der Waals surface area contributed by atoms with Crippen LogP contribution in [-0.2, 0) is 16.5 Å². The highest BCUT2D eigenvalue weighted by atomic mass is 35.5. The fourth-order valence-corrected chi connectivity index (χ4v) is 4.33. The Morgan fingerprint density at radius 1 is 1.48 bits per heavy atom. The van der Waals surface area contributed by atoms with Crippen LogP contribution in [0, 0.1) is 0 Å². The molecule has 0 radical (unpaired) electrons. The normalized spacial score (nSPS) is 32.6. The first-order chi connectivity index (χ1) is 9.32.